The second kappa shape index (κ2) is 6.47. The van der Waals surface area contributed by atoms with Gasteiger partial charge in [0.15, 0.2) is 0 Å². The van der Waals surface area contributed by atoms with Crippen molar-refractivity contribution < 1.29 is 8.78 Å². The maximum atomic E-state index is 13.3. The van der Waals surface area contributed by atoms with E-state index in [2.05, 4.69) is 12.2 Å². The van der Waals surface area contributed by atoms with Crippen LogP contribution in [-0.4, -0.2) is 13.1 Å². The molecule has 1 N–H and O–H groups in total. The Hall–Kier alpha value is -0.960. The Balaban J connectivity index is 2.07. The largest absolute Gasteiger partial charge is 0.316 e. The van der Waals surface area contributed by atoms with Gasteiger partial charge in [-0.15, -0.1) is 0 Å². The van der Waals surface area contributed by atoms with Crippen molar-refractivity contribution in [1.82, 2.24) is 5.32 Å². The van der Waals surface area contributed by atoms with Gasteiger partial charge in [-0.2, -0.15) is 0 Å². The topological polar surface area (TPSA) is 12.0 Å². The number of halogens is 2. The molecule has 1 aliphatic rings. The minimum Gasteiger partial charge on any atom is -0.316 e. The second-order valence-electron chi connectivity index (χ2n) is 5.84. The van der Waals surface area contributed by atoms with Gasteiger partial charge < -0.3 is 5.32 Å². The lowest BCUT2D eigenvalue weighted by molar-refractivity contribution is 0.277. The van der Waals surface area contributed by atoms with Crippen LogP contribution in [0.15, 0.2) is 18.2 Å². The molecule has 2 rings (SSSR count). The molecule has 3 heteroatoms. The van der Waals surface area contributed by atoms with E-state index in [1.54, 1.807) is 0 Å². The van der Waals surface area contributed by atoms with Gasteiger partial charge in [-0.05, 0) is 55.3 Å². The first-order valence-corrected chi connectivity index (χ1v) is 7.29. The van der Waals surface area contributed by atoms with Gasteiger partial charge in [-0.25, -0.2) is 8.78 Å². The standard InChI is InChI=1S/C16H23F2N/c1-2-7-19-12-16(5-3-4-6-16)11-13-8-14(17)10-15(18)9-13/h8-10,19H,2-7,11-12H2,1H3. The first kappa shape index (κ1) is 14.4. The molecule has 0 unspecified atom stereocenters. The summed E-state index contributed by atoms with van der Waals surface area (Å²) in [4.78, 5) is 0. The number of hydrogen-bond acceptors (Lipinski definition) is 1. The molecule has 0 heterocycles. The molecule has 0 aromatic heterocycles. The molecule has 0 saturated heterocycles. The highest BCUT2D eigenvalue weighted by Gasteiger charge is 2.33. The number of rotatable bonds is 6. The highest BCUT2D eigenvalue weighted by molar-refractivity contribution is 5.20. The van der Waals surface area contributed by atoms with Crippen LogP contribution >= 0.6 is 0 Å². The van der Waals surface area contributed by atoms with Crippen LogP contribution in [0.3, 0.4) is 0 Å². The van der Waals surface area contributed by atoms with E-state index in [4.69, 9.17) is 0 Å². The van der Waals surface area contributed by atoms with Crippen LogP contribution in [0.2, 0.25) is 0 Å². The van der Waals surface area contributed by atoms with Gasteiger partial charge in [0.1, 0.15) is 11.6 Å². The predicted molar refractivity (Wildman–Crippen MR) is 74.1 cm³/mol. The molecule has 0 aliphatic heterocycles. The molecule has 1 aliphatic carbocycles. The molecular weight excluding hydrogens is 244 g/mol. The van der Waals surface area contributed by atoms with Crippen molar-refractivity contribution in [2.24, 2.45) is 5.41 Å². The highest BCUT2D eigenvalue weighted by Crippen LogP contribution is 2.40. The van der Waals surface area contributed by atoms with E-state index in [9.17, 15) is 8.78 Å². The van der Waals surface area contributed by atoms with Crippen LogP contribution in [0, 0.1) is 17.0 Å². The maximum absolute atomic E-state index is 13.3. The Kier molecular flexibility index (Phi) is 4.92. The monoisotopic (exact) mass is 267 g/mol. The maximum Gasteiger partial charge on any atom is 0.126 e. The van der Waals surface area contributed by atoms with Crippen molar-refractivity contribution in [3.05, 3.63) is 35.4 Å². The smallest absolute Gasteiger partial charge is 0.126 e. The third-order valence-corrected chi connectivity index (χ3v) is 4.09. The molecular formula is C16H23F2N. The Morgan fingerprint density at radius 1 is 1.11 bits per heavy atom. The van der Waals surface area contributed by atoms with Crippen LogP contribution in [0.1, 0.15) is 44.6 Å². The van der Waals surface area contributed by atoms with Crippen molar-refractivity contribution >= 4 is 0 Å². The Morgan fingerprint density at radius 2 is 1.74 bits per heavy atom. The van der Waals surface area contributed by atoms with Gasteiger partial charge in [0.05, 0.1) is 0 Å². The SMILES string of the molecule is CCCNCC1(Cc2cc(F)cc(F)c2)CCCC1. The van der Waals surface area contributed by atoms with Crippen LogP contribution in [0.4, 0.5) is 8.78 Å². The number of hydrogen-bond donors (Lipinski definition) is 1. The third-order valence-electron chi connectivity index (χ3n) is 4.09. The van der Waals surface area contributed by atoms with E-state index >= 15 is 0 Å². The average Bonchev–Trinajstić information content (AvgIpc) is 2.77. The summed E-state index contributed by atoms with van der Waals surface area (Å²) < 4.78 is 26.6. The first-order valence-electron chi connectivity index (χ1n) is 7.29. The molecule has 19 heavy (non-hydrogen) atoms. The van der Waals surface area contributed by atoms with Gasteiger partial charge in [-0.3, -0.25) is 0 Å². The summed E-state index contributed by atoms with van der Waals surface area (Å²) in [6.07, 6.45) is 6.66. The fraction of sp³-hybridized carbons (Fsp3) is 0.625. The lowest BCUT2D eigenvalue weighted by Crippen LogP contribution is -2.34. The summed E-state index contributed by atoms with van der Waals surface area (Å²) >= 11 is 0. The Morgan fingerprint density at radius 3 is 2.32 bits per heavy atom. The Bertz CT molecular complexity index is 391. The molecule has 0 spiro atoms. The zero-order valence-corrected chi connectivity index (χ0v) is 11.6. The fourth-order valence-electron chi connectivity index (χ4n) is 3.22. The van der Waals surface area contributed by atoms with Crippen LogP contribution in [-0.2, 0) is 6.42 Å². The zero-order chi connectivity index (χ0) is 13.7. The zero-order valence-electron chi connectivity index (χ0n) is 11.6. The molecule has 0 radical (unpaired) electrons. The molecule has 1 nitrogen and oxygen atoms in total. The van der Waals surface area contributed by atoms with Crippen LogP contribution < -0.4 is 5.32 Å². The third kappa shape index (κ3) is 4.00. The fourth-order valence-corrected chi connectivity index (χ4v) is 3.22. The summed E-state index contributed by atoms with van der Waals surface area (Å²) in [7, 11) is 0. The van der Waals surface area contributed by atoms with Crippen molar-refractivity contribution in [1.29, 1.82) is 0 Å². The van der Waals surface area contributed by atoms with Crippen molar-refractivity contribution in [2.45, 2.75) is 45.4 Å². The number of benzene rings is 1. The molecule has 0 amide bonds. The quantitative estimate of drug-likeness (QED) is 0.766. The van der Waals surface area contributed by atoms with Gasteiger partial charge in [0, 0.05) is 12.6 Å². The lowest BCUT2D eigenvalue weighted by atomic mass is 9.80. The van der Waals surface area contributed by atoms with Crippen molar-refractivity contribution in [3.63, 3.8) is 0 Å². The molecule has 1 aromatic rings. The molecule has 0 atom stereocenters. The van der Waals surface area contributed by atoms with E-state index < -0.39 is 11.6 Å². The van der Waals surface area contributed by atoms with E-state index in [-0.39, 0.29) is 5.41 Å². The van der Waals surface area contributed by atoms with Crippen LogP contribution in [0.25, 0.3) is 0 Å². The van der Waals surface area contributed by atoms with E-state index in [0.717, 1.165) is 50.4 Å². The van der Waals surface area contributed by atoms with E-state index in [0.29, 0.717) is 0 Å². The lowest BCUT2D eigenvalue weighted by Gasteiger charge is -2.29. The molecule has 106 valence electrons. The van der Waals surface area contributed by atoms with Crippen molar-refractivity contribution in [3.8, 4) is 0 Å². The van der Waals surface area contributed by atoms with E-state index in [1.807, 2.05) is 0 Å². The average molecular weight is 267 g/mol. The summed E-state index contributed by atoms with van der Waals surface area (Å²) in [5.74, 6) is -0.936. The van der Waals surface area contributed by atoms with Gasteiger partial charge in [-0.1, -0.05) is 19.8 Å². The Labute approximate surface area is 114 Å². The van der Waals surface area contributed by atoms with Crippen LogP contribution in [0.5, 0.6) is 0 Å². The molecule has 0 bridgehead atoms. The van der Waals surface area contributed by atoms with Gasteiger partial charge in [0.2, 0.25) is 0 Å². The minimum atomic E-state index is -0.468. The number of nitrogens with one attached hydrogen (secondary N) is 1. The first-order chi connectivity index (χ1) is 9.13. The molecule has 1 saturated carbocycles. The second-order valence-corrected chi connectivity index (χ2v) is 5.84. The normalized spacial score (nSPS) is 17.8. The van der Waals surface area contributed by atoms with Gasteiger partial charge in [0.25, 0.3) is 0 Å². The summed E-state index contributed by atoms with van der Waals surface area (Å²) in [5.41, 5.74) is 0.979. The predicted octanol–water partition coefficient (Wildman–Crippen LogP) is 4.07. The molecule has 1 aromatic carbocycles. The highest BCUT2D eigenvalue weighted by atomic mass is 19.1. The van der Waals surface area contributed by atoms with E-state index in [1.165, 1.54) is 25.0 Å². The summed E-state index contributed by atoms with van der Waals surface area (Å²) in [5, 5.41) is 3.48. The minimum absolute atomic E-state index is 0.190. The summed E-state index contributed by atoms with van der Waals surface area (Å²) in [6, 6.07) is 3.89. The molecule has 1 fully saturated rings. The van der Waals surface area contributed by atoms with Gasteiger partial charge >= 0.3 is 0 Å². The summed E-state index contributed by atoms with van der Waals surface area (Å²) in [6.45, 7) is 4.12. The van der Waals surface area contributed by atoms with Crippen molar-refractivity contribution in [2.75, 3.05) is 13.1 Å².